The van der Waals surface area contributed by atoms with Crippen LogP contribution in [0.3, 0.4) is 0 Å². The highest BCUT2D eigenvalue weighted by Crippen LogP contribution is 2.10. The molecular formula is C14H24N4O2S. The van der Waals surface area contributed by atoms with E-state index in [1.54, 1.807) is 11.8 Å². The number of thioether (sulfide) groups is 1. The molecule has 2 heterocycles. The molecule has 1 aromatic heterocycles. The van der Waals surface area contributed by atoms with Gasteiger partial charge in [0.1, 0.15) is 5.76 Å². The van der Waals surface area contributed by atoms with Crippen LogP contribution in [0.4, 0.5) is 0 Å². The summed E-state index contributed by atoms with van der Waals surface area (Å²) in [4.78, 5) is 16.4. The number of carbonyl (C=O) groups excluding carboxylic acids is 1. The van der Waals surface area contributed by atoms with Crippen LogP contribution < -0.4 is 5.73 Å². The molecule has 0 radical (unpaired) electrons. The molecule has 1 aliphatic rings. The number of aryl methyl sites for hydroxylation is 1. The summed E-state index contributed by atoms with van der Waals surface area (Å²) < 4.78 is 5.07. The maximum absolute atomic E-state index is 12.2. The summed E-state index contributed by atoms with van der Waals surface area (Å²) in [6.07, 6.45) is 2.78. The summed E-state index contributed by atoms with van der Waals surface area (Å²) in [7, 11) is 0. The largest absolute Gasteiger partial charge is 0.361 e. The van der Waals surface area contributed by atoms with Gasteiger partial charge in [-0.1, -0.05) is 5.16 Å². The molecule has 21 heavy (non-hydrogen) atoms. The first-order valence-electron chi connectivity index (χ1n) is 7.28. The summed E-state index contributed by atoms with van der Waals surface area (Å²) in [5.74, 6) is 1.85. The fourth-order valence-electron chi connectivity index (χ4n) is 2.45. The van der Waals surface area contributed by atoms with E-state index in [4.69, 9.17) is 10.3 Å². The minimum Gasteiger partial charge on any atom is -0.361 e. The summed E-state index contributed by atoms with van der Waals surface area (Å²) >= 11 is 1.72. The first kappa shape index (κ1) is 16.3. The highest BCUT2D eigenvalue weighted by atomic mass is 32.2. The quantitative estimate of drug-likeness (QED) is 0.834. The van der Waals surface area contributed by atoms with E-state index in [2.05, 4.69) is 10.1 Å². The van der Waals surface area contributed by atoms with Crippen LogP contribution >= 0.6 is 11.8 Å². The highest BCUT2D eigenvalue weighted by molar-refractivity contribution is 7.98. The van der Waals surface area contributed by atoms with Crippen molar-refractivity contribution in [1.82, 2.24) is 15.0 Å². The number of amides is 1. The van der Waals surface area contributed by atoms with E-state index in [9.17, 15) is 4.79 Å². The molecular weight excluding hydrogens is 288 g/mol. The van der Waals surface area contributed by atoms with Crippen LogP contribution in [0, 0.1) is 6.92 Å². The lowest BCUT2D eigenvalue weighted by atomic mass is 10.2. The lowest BCUT2D eigenvalue weighted by Crippen LogP contribution is -2.53. The van der Waals surface area contributed by atoms with Crippen molar-refractivity contribution in [3.8, 4) is 0 Å². The molecule has 0 aromatic carbocycles. The molecule has 1 aliphatic heterocycles. The minimum atomic E-state index is -0.359. The molecule has 1 aromatic rings. The van der Waals surface area contributed by atoms with Crippen molar-refractivity contribution >= 4 is 17.7 Å². The van der Waals surface area contributed by atoms with Crippen molar-refractivity contribution in [1.29, 1.82) is 0 Å². The van der Waals surface area contributed by atoms with Gasteiger partial charge in [0, 0.05) is 38.8 Å². The van der Waals surface area contributed by atoms with Crippen LogP contribution in [0.5, 0.6) is 0 Å². The molecule has 1 saturated heterocycles. The number of nitrogens with two attached hydrogens (primary N) is 1. The Hall–Kier alpha value is -1.05. The Balaban J connectivity index is 1.76. The Morgan fingerprint density at radius 1 is 1.48 bits per heavy atom. The Bertz CT molecular complexity index is 458. The van der Waals surface area contributed by atoms with E-state index in [0.717, 1.165) is 56.4 Å². The van der Waals surface area contributed by atoms with Crippen molar-refractivity contribution in [3.05, 3.63) is 17.5 Å². The van der Waals surface area contributed by atoms with Gasteiger partial charge in [-0.3, -0.25) is 9.69 Å². The number of piperazine rings is 1. The zero-order valence-electron chi connectivity index (χ0n) is 12.7. The predicted octanol–water partition coefficient (Wildman–Crippen LogP) is 0.708. The molecule has 1 atom stereocenters. The van der Waals surface area contributed by atoms with Crippen LogP contribution in [0.15, 0.2) is 10.6 Å². The van der Waals surface area contributed by atoms with Gasteiger partial charge in [-0.05, 0) is 25.4 Å². The predicted molar refractivity (Wildman–Crippen MR) is 84.1 cm³/mol. The molecule has 2 rings (SSSR count). The van der Waals surface area contributed by atoms with Gasteiger partial charge in [-0.15, -0.1) is 0 Å². The third kappa shape index (κ3) is 4.72. The minimum absolute atomic E-state index is 0.0842. The van der Waals surface area contributed by atoms with E-state index < -0.39 is 0 Å². The molecule has 6 nitrogen and oxygen atoms in total. The van der Waals surface area contributed by atoms with E-state index in [1.807, 2.05) is 24.1 Å². The number of carbonyl (C=O) groups is 1. The van der Waals surface area contributed by atoms with Crippen LogP contribution in [-0.4, -0.2) is 65.1 Å². The summed E-state index contributed by atoms with van der Waals surface area (Å²) in [6, 6.07) is 1.60. The van der Waals surface area contributed by atoms with Gasteiger partial charge < -0.3 is 15.2 Å². The van der Waals surface area contributed by atoms with Crippen molar-refractivity contribution in [3.63, 3.8) is 0 Å². The van der Waals surface area contributed by atoms with Crippen molar-refractivity contribution in [2.45, 2.75) is 25.9 Å². The second kappa shape index (κ2) is 7.82. The van der Waals surface area contributed by atoms with E-state index in [0.29, 0.717) is 0 Å². The first-order valence-corrected chi connectivity index (χ1v) is 8.67. The van der Waals surface area contributed by atoms with E-state index >= 15 is 0 Å². The molecule has 0 aliphatic carbocycles. The van der Waals surface area contributed by atoms with E-state index in [-0.39, 0.29) is 11.9 Å². The molecule has 0 saturated carbocycles. The zero-order chi connectivity index (χ0) is 15.2. The van der Waals surface area contributed by atoms with Crippen molar-refractivity contribution in [2.24, 2.45) is 5.73 Å². The third-order valence-electron chi connectivity index (χ3n) is 3.70. The van der Waals surface area contributed by atoms with Crippen molar-refractivity contribution < 1.29 is 9.32 Å². The summed E-state index contributed by atoms with van der Waals surface area (Å²) in [5, 5.41) is 4.01. The Kier molecular flexibility index (Phi) is 6.08. The fraction of sp³-hybridized carbons (Fsp3) is 0.714. The van der Waals surface area contributed by atoms with Gasteiger partial charge in [0.15, 0.2) is 0 Å². The SMILES string of the molecule is CSCC[C@H](N)C(=O)N1CCN(Cc2cc(C)on2)CC1. The summed E-state index contributed by atoms with van der Waals surface area (Å²) in [6.45, 7) is 5.85. The van der Waals surface area contributed by atoms with Crippen LogP contribution in [0.25, 0.3) is 0 Å². The topological polar surface area (TPSA) is 75.6 Å². The zero-order valence-corrected chi connectivity index (χ0v) is 13.6. The van der Waals surface area contributed by atoms with Crippen LogP contribution in [0.2, 0.25) is 0 Å². The maximum Gasteiger partial charge on any atom is 0.239 e. The first-order chi connectivity index (χ1) is 10.1. The Morgan fingerprint density at radius 2 is 2.19 bits per heavy atom. The molecule has 7 heteroatoms. The third-order valence-corrected chi connectivity index (χ3v) is 4.34. The van der Waals surface area contributed by atoms with Crippen molar-refractivity contribution in [2.75, 3.05) is 38.2 Å². The monoisotopic (exact) mass is 312 g/mol. The Labute approximate surface area is 130 Å². The number of rotatable bonds is 6. The highest BCUT2D eigenvalue weighted by Gasteiger charge is 2.25. The summed E-state index contributed by atoms with van der Waals surface area (Å²) in [5.41, 5.74) is 6.90. The second-order valence-electron chi connectivity index (χ2n) is 5.42. The lowest BCUT2D eigenvalue weighted by molar-refractivity contribution is -0.134. The molecule has 1 fully saturated rings. The van der Waals surface area contributed by atoms with Gasteiger partial charge in [-0.25, -0.2) is 0 Å². The smallest absolute Gasteiger partial charge is 0.239 e. The van der Waals surface area contributed by atoms with E-state index in [1.165, 1.54) is 0 Å². The molecule has 0 bridgehead atoms. The number of aromatic nitrogens is 1. The van der Waals surface area contributed by atoms with Gasteiger partial charge >= 0.3 is 0 Å². The standard InChI is InChI=1S/C14H24N4O2S/c1-11-9-12(16-20-11)10-17-4-6-18(7-5-17)14(19)13(15)3-8-21-2/h9,13H,3-8,10,15H2,1-2H3/t13-/m0/s1. The average Bonchev–Trinajstić information content (AvgIpc) is 2.90. The normalized spacial score (nSPS) is 18.0. The van der Waals surface area contributed by atoms with Crippen LogP contribution in [0.1, 0.15) is 17.9 Å². The van der Waals surface area contributed by atoms with Gasteiger partial charge in [0.05, 0.1) is 11.7 Å². The van der Waals surface area contributed by atoms with Gasteiger partial charge in [0.2, 0.25) is 5.91 Å². The molecule has 1 amide bonds. The maximum atomic E-state index is 12.2. The lowest BCUT2D eigenvalue weighted by Gasteiger charge is -2.35. The molecule has 0 spiro atoms. The molecule has 0 unspecified atom stereocenters. The second-order valence-corrected chi connectivity index (χ2v) is 6.40. The molecule has 118 valence electrons. The average molecular weight is 312 g/mol. The van der Waals surface area contributed by atoms with Gasteiger partial charge in [0.25, 0.3) is 0 Å². The number of hydrogen-bond donors (Lipinski definition) is 1. The fourth-order valence-corrected chi connectivity index (χ4v) is 2.94. The number of hydrogen-bond acceptors (Lipinski definition) is 6. The molecule has 2 N–H and O–H groups in total. The Morgan fingerprint density at radius 3 is 2.76 bits per heavy atom. The van der Waals surface area contributed by atoms with Gasteiger partial charge in [-0.2, -0.15) is 11.8 Å². The van der Waals surface area contributed by atoms with Crippen LogP contribution in [-0.2, 0) is 11.3 Å². The number of nitrogens with zero attached hydrogens (tertiary/aromatic N) is 3.